The third kappa shape index (κ3) is 5.02. The summed E-state index contributed by atoms with van der Waals surface area (Å²) in [5.74, 6) is -0.344. The van der Waals surface area contributed by atoms with Crippen LogP contribution in [0.3, 0.4) is 0 Å². The van der Waals surface area contributed by atoms with Crippen molar-refractivity contribution in [2.75, 3.05) is 5.32 Å². The summed E-state index contributed by atoms with van der Waals surface area (Å²) in [4.78, 5) is 12.9. The zero-order chi connectivity index (χ0) is 19.4. The molecule has 1 atom stereocenters. The Balaban J connectivity index is 1.82. The van der Waals surface area contributed by atoms with Crippen LogP contribution in [0.2, 0.25) is 5.02 Å². The number of carbonyl (C=O) groups excluding carboxylic acids is 1. The third-order valence-electron chi connectivity index (χ3n) is 4.84. The molecular formula is C20H21ClF3N2O+. The second kappa shape index (κ2) is 8.31. The average molecular weight is 398 g/mol. The van der Waals surface area contributed by atoms with E-state index in [-0.39, 0.29) is 11.6 Å². The number of quaternary nitrogens is 1. The van der Waals surface area contributed by atoms with Gasteiger partial charge in [-0.15, -0.1) is 0 Å². The molecule has 3 N–H and O–H groups in total. The van der Waals surface area contributed by atoms with Crippen molar-refractivity contribution in [1.29, 1.82) is 0 Å². The smallest absolute Gasteiger partial charge is 0.330 e. The zero-order valence-electron chi connectivity index (χ0n) is 14.6. The fourth-order valence-electron chi connectivity index (χ4n) is 3.47. The minimum absolute atomic E-state index is 0.0810. The first-order chi connectivity index (χ1) is 12.8. The van der Waals surface area contributed by atoms with E-state index in [4.69, 9.17) is 11.6 Å². The number of carbonyl (C=O) groups is 1. The lowest BCUT2D eigenvalue weighted by Gasteiger charge is -2.20. The average Bonchev–Trinajstić information content (AvgIpc) is 3.14. The summed E-state index contributed by atoms with van der Waals surface area (Å²) < 4.78 is 39.2. The summed E-state index contributed by atoms with van der Waals surface area (Å²) in [7, 11) is 0. The number of alkyl halides is 3. The molecule has 3 rings (SSSR count). The van der Waals surface area contributed by atoms with Crippen LogP contribution >= 0.6 is 11.6 Å². The highest BCUT2D eigenvalue weighted by Gasteiger charge is 2.34. The summed E-state index contributed by atoms with van der Waals surface area (Å²) >= 11 is 5.65. The SMILES string of the molecule is O=C(Nc1ccc(Cl)c(C(F)(F)F)c1)[C@@H]([NH2+]C1CCCC1)c1ccccc1. The Morgan fingerprint density at radius 2 is 1.78 bits per heavy atom. The zero-order valence-corrected chi connectivity index (χ0v) is 15.4. The minimum Gasteiger partial charge on any atom is -0.330 e. The highest BCUT2D eigenvalue weighted by molar-refractivity contribution is 6.31. The molecule has 0 bridgehead atoms. The first-order valence-corrected chi connectivity index (χ1v) is 9.30. The van der Waals surface area contributed by atoms with E-state index in [1.54, 1.807) is 0 Å². The highest BCUT2D eigenvalue weighted by Crippen LogP contribution is 2.36. The number of nitrogens with one attached hydrogen (secondary N) is 1. The van der Waals surface area contributed by atoms with Gasteiger partial charge in [-0.3, -0.25) is 4.79 Å². The van der Waals surface area contributed by atoms with Gasteiger partial charge in [0.25, 0.3) is 5.91 Å². The molecule has 1 aliphatic rings. The molecule has 144 valence electrons. The van der Waals surface area contributed by atoms with Gasteiger partial charge < -0.3 is 10.6 Å². The van der Waals surface area contributed by atoms with Gasteiger partial charge in [0.05, 0.1) is 16.6 Å². The van der Waals surface area contributed by atoms with Gasteiger partial charge in [0.2, 0.25) is 0 Å². The topological polar surface area (TPSA) is 45.7 Å². The quantitative estimate of drug-likeness (QED) is 0.764. The number of halogens is 4. The van der Waals surface area contributed by atoms with Crippen molar-refractivity contribution in [1.82, 2.24) is 0 Å². The normalized spacial score (nSPS) is 16.3. The molecule has 0 radical (unpaired) electrons. The Morgan fingerprint density at radius 3 is 2.41 bits per heavy atom. The molecule has 1 fully saturated rings. The number of hydrogen-bond acceptors (Lipinski definition) is 1. The van der Waals surface area contributed by atoms with Crippen LogP contribution in [0.4, 0.5) is 18.9 Å². The summed E-state index contributed by atoms with van der Waals surface area (Å²) in [5, 5.41) is 4.26. The monoisotopic (exact) mass is 397 g/mol. The maximum absolute atomic E-state index is 13.1. The Hall–Kier alpha value is -2.05. The van der Waals surface area contributed by atoms with Crippen molar-refractivity contribution >= 4 is 23.2 Å². The number of rotatable bonds is 5. The van der Waals surface area contributed by atoms with Gasteiger partial charge in [-0.25, -0.2) is 0 Å². The molecule has 0 unspecified atom stereocenters. The van der Waals surface area contributed by atoms with Gasteiger partial charge in [0, 0.05) is 11.3 Å². The van der Waals surface area contributed by atoms with Crippen LogP contribution in [-0.4, -0.2) is 11.9 Å². The maximum Gasteiger partial charge on any atom is 0.417 e. The molecule has 27 heavy (non-hydrogen) atoms. The van der Waals surface area contributed by atoms with Gasteiger partial charge in [0.1, 0.15) is 0 Å². The van der Waals surface area contributed by atoms with Gasteiger partial charge >= 0.3 is 6.18 Å². The van der Waals surface area contributed by atoms with Crippen LogP contribution in [0.15, 0.2) is 48.5 Å². The molecule has 0 aliphatic heterocycles. The standard InChI is InChI=1S/C20H20ClF3N2O/c21-17-11-10-15(12-16(17)20(22,23)24)26-19(27)18(13-6-2-1-3-7-13)25-14-8-4-5-9-14/h1-3,6-7,10-12,14,18,25H,4-5,8-9H2,(H,26,27)/p+1/t18-/m0/s1. The number of hydrogen-bond donors (Lipinski definition) is 2. The van der Waals surface area contributed by atoms with Crippen molar-refractivity contribution in [3.8, 4) is 0 Å². The molecule has 1 aliphatic carbocycles. The lowest BCUT2D eigenvalue weighted by atomic mass is 10.0. The molecule has 2 aromatic rings. The maximum atomic E-state index is 13.1. The first-order valence-electron chi connectivity index (χ1n) is 8.92. The number of benzene rings is 2. The van der Waals surface area contributed by atoms with Gasteiger partial charge in [-0.2, -0.15) is 13.2 Å². The van der Waals surface area contributed by atoms with Crippen LogP contribution in [-0.2, 0) is 11.0 Å². The fourth-order valence-corrected chi connectivity index (χ4v) is 3.70. The molecule has 2 aromatic carbocycles. The Morgan fingerprint density at radius 1 is 1.11 bits per heavy atom. The van der Waals surface area contributed by atoms with Crippen molar-refractivity contribution < 1.29 is 23.3 Å². The molecule has 0 aromatic heterocycles. The third-order valence-corrected chi connectivity index (χ3v) is 5.17. The Bertz CT molecular complexity index is 790. The molecule has 1 amide bonds. The van der Waals surface area contributed by atoms with E-state index >= 15 is 0 Å². The van der Waals surface area contributed by atoms with E-state index in [9.17, 15) is 18.0 Å². The van der Waals surface area contributed by atoms with Crippen LogP contribution in [0.1, 0.15) is 42.9 Å². The second-order valence-corrected chi connectivity index (χ2v) is 7.21. The predicted octanol–water partition coefficient (Wildman–Crippen LogP) is 4.54. The fraction of sp³-hybridized carbons (Fsp3) is 0.350. The van der Waals surface area contributed by atoms with E-state index in [0.29, 0.717) is 6.04 Å². The van der Waals surface area contributed by atoms with Crippen molar-refractivity contribution in [3.63, 3.8) is 0 Å². The molecule has 3 nitrogen and oxygen atoms in total. The predicted molar refractivity (Wildman–Crippen MR) is 98.4 cm³/mol. The van der Waals surface area contributed by atoms with Crippen LogP contribution < -0.4 is 10.6 Å². The van der Waals surface area contributed by atoms with E-state index in [0.717, 1.165) is 43.4 Å². The highest BCUT2D eigenvalue weighted by atomic mass is 35.5. The number of anilines is 1. The molecular weight excluding hydrogens is 377 g/mol. The Kier molecular flexibility index (Phi) is 6.07. The molecule has 0 saturated heterocycles. The largest absolute Gasteiger partial charge is 0.417 e. The Labute approximate surface area is 160 Å². The van der Waals surface area contributed by atoms with Crippen LogP contribution in [0.25, 0.3) is 0 Å². The summed E-state index contributed by atoms with van der Waals surface area (Å²) in [6, 6.07) is 12.5. The van der Waals surface area contributed by atoms with E-state index in [1.807, 2.05) is 35.6 Å². The number of nitrogens with two attached hydrogens (primary N) is 1. The number of amides is 1. The second-order valence-electron chi connectivity index (χ2n) is 6.81. The van der Waals surface area contributed by atoms with Crippen molar-refractivity contribution in [2.45, 2.75) is 43.9 Å². The van der Waals surface area contributed by atoms with Crippen molar-refractivity contribution in [2.24, 2.45) is 0 Å². The van der Waals surface area contributed by atoms with E-state index in [1.165, 1.54) is 6.07 Å². The summed E-state index contributed by atoms with van der Waals surface area (Å²) in [6.07, 6.45) is -0.231. The van der Waals surface area contributed by atoms with Crippen LogP contribution in [0.5, 0.6) is 0 Å². The first kappa shape index (κ1) is 19.7. The van der Waals surface area contributed by atoms with Gasteiger partial charge in [-0.05, 0) is 43.9 Å². The molecule has 7 heteroatoms. The van der Waals surface area contributed by atoms with Crippen molar-refractivity contribution in [3.05, 3.63) is 64.7 Å². The lowest BCUT2D eigenvalue weighted by Crippen LogP contribution is -2.92. The summed E-state index contributed by atoms with van der Waals surface area (Å²) in [6.45, 7) is 0. The van der Waals surface area contributed by atoms with E-state index < -0.39 is 22.8 Å². The van der Waals surface area contributed by atoms with Gasteiger partial charge in [0.15, 0.2) is 6.04 Å². The molecule has 1 saturated carbocycles. The molecule has 0 heterocycles. The minimum atomic E-state index is -4.58. The van der Waals surface area contributed by atoms with Gasteiger partial charge in [-0.1, -0.05) is 41.9 Å². The molecule has 0 spiro atoms. The lowest BCUT2D eigenvalue weighted by molar-refractivity contribution is -0.714. The summed E-state index contributed by atoms with van der Waals surface area (Å²) in [5.41, 5.74) is -0.0533. The van der Waals surface area contributed by atoms with E-state index in [2.05, 4.69) is 5.32 Å². The van der Waals surface area contributed by atoms with Crippen LogP contribution in [0, 0.1) is 0 Å².